The quantitative estimate of drug-likeness (QED) is 0.867. The second-order valence-electron chi connectivity index (χ2n) is 3.95. The predicted molar refractivity (Wildman–Crippen MR) is 75.1 cm³/mol. The Labute approximate surface area is 118 Å². The lowest BCUT2D eigenvalue weighted by Crippen LogP contribution is -2.37. The zero-order valence-electron chi connectivity index (χ0n) is 9.64. The standard InChI is InChI=1S/C12H14BrNO3S/c13-8-3-1-2-4-10(8)17-6-5-11-14-9(7-18-11)12(15)16/h1-4,9,11,14H,5-7H2,(H,15,16). The van der Waals surface area contributed by atoms with E-state index in [1.807, 2.05) is 24.3 Å². The molecule has 2 unspecified atom stereocenters. The number of nitrogens with one attached hydrogen (secondary N) is 1. The minimum absolute atomic E-state index is 0.161. The molecule has 0 aliphatic carbocycles. The average Bonchev–Trinajstić information content (AvgIpc) is 2.80. The Kier molecular flexibility index (Phi) is 4.91. The second kappa shape index (κ2) is 6.45. The largest absolute Gasteiger partial charge is 0.492 e. The number of ether oxygens (including phenoxy) is 1. The molecular formula is C12H14BrNO3S. The van der Waals surface area contributed by atoms with Gasteiger partial charge in [0.15, 0.2) is 0 Å². The van der Waals surface area contributed by atoms with Crippen LogP contribution in [-0.4, -0.2) is 34.9 Å². The first kappa shape index (κ1) is 13.7. The monoisotopic (exact) mass is 331 g/mol. The van der Waals surface area contributed by atoms with E-state index in [-0.39, 0.29) is 5.37 Å². The summed E-state index contributed by atoms with van der Waals surface area (Å²) in [6.45, 7) is 0.569. The molecule has 0 radical (unpaired) electrons. The first-order valence-electron chi connectivity index (χ1n) is 5.64. The van der Waals surface area contributed by atoms with Crippen molar-refractivity contribution < 1.29 is 14.6 Å². The van der Waals surface area contributed by atoms with Gasteiger partial charge in [-0.25, -0.2) is 0 Å². The summed E-state index contributed by atoms with van der Waals surface area (Å²) in [6, 6.07) is 7.26. The van der Waals surface area contributed by atoms with Crippen molar-refractivity contribution in [2.75, 3.05) is 12.4 Å². The molecule has 2 N–H and O–H groups in total. The highest BCUT2D eigenvalue weighted by atomic mass is 79.9. The molecule has 1 aromatic carbocycles. The molecule has 0 amide bonds. The lowest BCUT2D eigenvalue weighted by atomic mass is 10.3. The van der Waals surface area contributed by atoms with Gasteiger partial charge in [-0.1, -0.05) is 12.1 Å². The van der Waals surface area contributed by atoms with Crippen molar-refractivity contribution in [1.82, 2.24) is 5.32 Å². The third kappa shape index (κ3) is 3.63. The van der Waals surface area contributed by atoms with Crippen LogP contribution in [0.15, 0.2) is 28.7 Å². The molecule has 1 aliphatic rings. The van der Waals surface area contributed by atoms with Crippen molar-refractivity contribution in [3.05, 3.63) is 28.7 Å². The molecule has 2 atom stereocenters. The van der Waals surface area contributed by atoms with Crippen LogP contribution in [0.1, 0.15) is 6.42 Å². The summed E-state index contributed by atoms with van der Waals surface area (Å²) in [4.78, 5) is 10.8. The van der Waals surface area contributed by atoms with Gasteiger partial charge in [-0.2, -0.15) is 0 Å². The van der Waals surface area contributed by atoms with E-state index in [0.717, 1.165) is 16.6 Å². The van der Waals surface area contributed by atoms with Gasteiger partial charge in [0.05, 0.1) is 16.5 Å². The minimum Gasteiger partial charge on any atom is -0.492 e. The van der Waals surface area contributed by atoms with Gasteiger partial charge in [-0.15, -0.1) is 11.8 Å². The number of benzene rings is 1. The maximum atomic E-state index is 10.8. The lowest BCUT2D eigenvalue weighted by Gasteiger charge is -2.12. The SMILES string of the molecule is O=C(O)C1CSC(CCOc2ccccc2Br)N1. The zero-order valence-corrected chi connectivity index (χ0v) is 12.0. The van der Waals surface area contributed by atoms with Gasteiger partial charge in [0.1, 0.15) is 11.8 Å². The molecule has 0 bridgehead atoms. The average molecular weight is 332 g/mol. The summed E-state index contributed by atoms with van der Waals surface area (Å²) in [5.74, 6) is 0.654. The molecule has 0 spiro atoms. The van der Waals surface area contributed by atoms with Gasteiger partial charge in [0.25, 0.3) is 0 Å². The number of halogens is 1. The lowest BCUT2D eigenvalue weighted by molar-refractivity contribution is -0.138. The Morgan fingerprint density at radius 3 is 3.00 bits per heavy atom. The predicted octanol–water partition coefficient (Wildman–Crippen LogP) is 2.33. The maximum Gasteiger partial charge on any atom is 0.321 e. The number of rotatable bonds is 5. The van der Waals surface area contributed by atoms with Gasteiger partial charge in [-0.3, -0.25) is 10.1 Å². The molecule has 6 heteroatoms. The van der Waals surface area contributed by atoms with E-state index in [0.29, 0.717) is 12.4 Å². The summed E-state index contributed by atoms with van der Waals surface area (Å²) in [7, 11) is 0. The van der Waals surface area contributed by atoms with E-state index < -0.39 is 12.0 Å². The van der Waals surface area contributed by atoms with Crippen molar-refractivity contribution in [3.63, 3.8) is 0 Å². The van der Waals surface area contributed by atoms with Crippen molar-refractivity contribution in [1.29, 1.82) is 0 Å². The van der Waals surface area contributed by atoms with Gasteiger partial charge in [0.2, 0.25) is 0 Å². The molecule has 1 fully saturated rings. The van der Waals surface area contributed by atoms with E-state index in [9.17, 15) is 4.79 Å². The number of aliphatic carboxylic acids is 1. The molecular weight excluding hydrogens is 318 g/mol. The van der Waals surface area contributed by atoms with Crippen molar-refractivity contribution >= 4 is 33.7 Å². The first-order chi connectivity index (χ1) is 8.66. The fourth-order valence-corrected chi connectivity index (χ4v) is 3.27. The maximum absolute atomic E-state index is 10.8. The van der Waals surface area contributed by atoms with Crippen LogP contribution in [-0.2, 0) is 4.79 Å². The Bertz CT molecular complexity index is 430. The van der Waals surface area contributed by atoms with E-state index in [1.165, 1.54) is 0 Å². The van der Waals surface area contributed by atoms with Gasteiger partial charge in [0, 0.05) is 12.2 Å². The number of para-hydroxylation sites is 1. The summed E-state index contributed by atoms with van der Waals surface area (Å²) in [6.07, 6.45) is 0.787. The summed E-state index contributed by atoms with van der Waals surface area (Å²) >= 11 is 5.05. The van der Waals surface area contributed by atoms with Crippen LogP contribution in [0.5, 0.6) is 5.75 Å². The first-order valence-corrected chi connectivity index (χ1v) is 7.49. The third-order valence-electron chi connectivity index (χ3n) is 2.62. The number of carbonyl (C=O) groups is 1. The third-order valence-corrected chi connectivity index (χ3v) is 4.58. The highest BCUT2D eigenvalue weighted by Crippen LogP contribution is 2.25. The topological polar surface area (TPSA) is 58.6 Å². The molecule has 18 heavy (non-hydrogen) atoms. The number of carboxylic acid groups (broad SMARTS) is 1. The van der Waals surface area contributed by atoms with Crippen LogP contribution in [0.2, 0.25) is 0 Å². The fraction of sp³-hybridized carbons (Fsp3) is 0.417. The van der Waals surface area contributed by atoms with E-state index in [2.05, 4.69) is 21.2 Å². The molecule has 0 saturated carbocycles. The van der Waals surface area contributed by atoms with E-state index in [1.54, 1.807) is 11.8 Å². The molecule has 1 heterocycles. The second-order valence-corrected chi connectivity index (χ2v) is 6.04. The van der Waals surface area contributed by atoms with Crippen LogP contribution < -0.4 is 10.1 Å². The molecule has 1 saturated heterocycles. The van der Waals surface area contributed by atoms with Crippen molar-refractivity contribution in [2.45, 2.75) is 17.8 Å². The molecule has 4 nitrogen and oxygen atoms in total. The minimum atomic E-state index is -0.781. The Morgan fingerprint density at radius 2 is 2.33 bits per heavy atom. The van der Waals surface area contributed by atoms with Gasteiger partial charge < -0.3 is 9.84 Å². The Morgan fingerprint density at radius 1 is 1.56 bits per heavy atom. The van der Waals surface area contributed by atoms with Crippen LogP contribution in [0, 0.1) is 0 Å². The van der Waals surface area contributed by atoms with Crippen LogP contribution in [0.4, 0.5) is 0 Å². The van der Waals surface area contributed by atoms with E-state index >= 15 is 0 Å². The number of thioether (sulfide) groups is 1. The molecule has 2 rings (SSSR count). The fourth-order valence-electron chi connectivity index (χ4n) is 1.68. The highest BCUT2D eigenvalue weighted by molar-refractivity contribution is 9.10. The van der Waals surface area contributed by atoms with Crippen LogP contribution >= 0.6 is 27.7 Å². The van der Waals surface area contributed by atoms with Gasteiger partial charge in [-0.05, 0) is 28.1 Å². The number of hydrogen-bond donors (Lipinski definition) is 2. The Balaban J connectivity index is 1.74. The van der Waals surface area contributed by atoms with Crippen molar-refractivity contribution in [2.24, 2.45) is 0 Å². The summed E-state index contributed by atoms with van der Waals surface area (Å²) in [5, 5.41) is 12.1. The normalized spacial score (nSPS) is 22.9. The Hall–Kier alpha value is -0.720. The number of hydrogen-bond acceptors (Lipinski definition) is 4. The van der Waals surface area contributed by atoms with Crippen molar-refractivity contribution in [3.8, 4) is 5.75 Å². The number of carboxylic acids is 1. The molecule has 1 aliphatic heterocycles. The molecule has 0 aromatic heterocycles. The highest BCUT2D eigenvalue weighted by Gasteiger charge is 2.28. The smallest absolute Gasteiger partial charge is 0.321 e. The molecule has 98 valence electrons. The summed E-state index contributed by atoms with van der Waals surface area (Å²) in [5.41, 5.74) is 0. The van der Waals surface area contributed by atoms with Crippen LogP contribution in [0.25, 0.3) is 0 Å². The zero-order chi connectivity index (χ0) is 13.0. The molecule has 1 aromatic rings. The van der Waals surface area contributed by atoms with E-state index in [4.69, 9.17) is 9.84 Å². The van der Waals surface area contributed by atoms with Crippen LogP contribution in [0.3, 0.4) is 0 Å². The van der Waals surface area contributed by atoms with Gasteiger partial charge >= 0.3 is 5.97 Å². The summed E-state index contributed by atoms with van der Waals surface area (Å²) < 4.78 is 6.58.